The summed E-state index contributed by atoms with van der Waals surface area (Å²) in [5.41, 5.74) is 3.09. The second-order valence-corrected chi connectivity index (χ2v) is 7.27. The smallest absolute Gasteiger partial charge is 0.223 e. The first-order valence-electron chi connectivity index (χ1n) is 9.63. The van der Waals surface area contributed by atoms with Crippen LogP contribution in [0.2, 0.25) is 0 Å². The lowest BCUT2D eigenvalue weighted by molar-refractivity contribution is -0.128. The highest BCUT2D eigenvalue weighted by Gasteiger charge is 2.33. The Morgan fingerprint density at radius 2 is 1.93 bits per heavy atom. The van der Waals surface area contributed by atoms with Crippen LogP contribution in [-0.4, -0.2) is 26.9 Å². The standard InChI is InChI=1S/C22H24FN3O/c1-2-3-12-26-20-7-5-4-6-19(20)24-22(26)17-13-21(27)25(15-17)14-16-8-10-18(23)11-9-16/h4-11,17H,2-3,12-15H2,1H3/t17-/m1/s1. The Balaban J connectivity index is 1.58. The molecule has 0 radical (unpaired) electrons. The van der Waals surface area contributed by atoms with Gasteiger partial charge in [0.15, 0.2) is 0 Å². The number of nitrogens with zero attached hydrogens (tertiary/aromatic N) is 3. The molecule has 5 heteroatoms. The molecule has 1 aliphatic heterocycles. The number of halogens is 1. The number of amides is 1. The van der Waals surface area contributed by atoms with Crippen molar-refractivity contribution in [3.63, 3.8) is 0 Å². The van der Waals surface area contributed by atoms with Crippen LogP contribution in [0.1, 0.15) is 43.5 Å². The van der Waals surface area contributed by atoms with E-state index in [2.05, 4.69) is 17.6 Å². The SMILES string of the molecule is CCCCn1c([C@@H]2CC(=O)N(Cc3ccc(F)cc3)C2)nc2ccccc21. The van der Waals surface area contributed by atoms with E-state index in [-0.39, 0.29) is 17.6 Å². The first-order chi connectivity index (χ1) is 13.2. The van der Waals surface area contributed by atoms with Crippen LogP contribution in [0, 0.1) is 5.82 Å². The van der Waals surface area contributed by atoms with Gasteiger partial charge in [0.2, 0.25) is 5.91 Å². The highest BCUT2D eigenvalue weighted by Crippen LogP contribution is 2.31. The molecular formula is C22H24FN3O. The number of benzene rings is 2. The van der Waals surface area contributed by atoms with Crippen molar-refractivity contribution in [3.8, 4) is 0 Å². The minimum Gasteiger partial charge on any atom is -0.338 e. The number of unbranched alkanes of at least 4 members (excludes halogenated alkanes) is 1. The minimum absolute atomic E-state index is 0.0993. The fraction of sp³-hybridized carbons (Fsp3) is 0.364. The molecule has 1 aromatic heterocycles. The van der Waals surface area contributed by atoms with Gasteiger partial charge in [0, 0.05) is 32.0 Å². The van der Waals surface area contributed by atoms with Crippen LogP contribution in [0.4, 0.5) is 4.39 Å². The molecule has 2 aromatic carbocycles. The third kappa shape index (κ3) is 3.59. The summed E-state index contributed by atoms with van der Waals surface area (Å²) in [6.45, 7) is 4.29. The van der Waals surface area contributed by atoms with Gasteiger partial charge in [-0.25, -0.2) is 9.37 Å². The summed E-state index contributed by atoms with van der Waals surface area (Å²) < 4.78 is 15.4. The van der Waals surface area contributed by atoms with E-state index in [1.165, 1.54) is 12.1 Å². The Morgan fingerprint density at radius 1 is 1.15 bits per heavy atom. The summed E-state index contributed by atoms with van der Waals surface area (Å²) in [6.07, 6.45) is 2.69. The highest BCUT2D eigenvalue weighted by molar-refractivity contribution is 5.81. The van der Waals surface area contributed by atoms with Gasteiger partial charge in [-0.2, -0.15) is 0 Å². The van der Waals surface area contributed by atoms with E-state index < -0.39 is 0 Å². The predicted octanol–water partition coefficient (Wildman–Crippen LogP) is 4.49. The van der Waals surface area contributed by atoms with Crippen molar-refractivity contribution in [2.24, 2.45) is 0 Å². The number of hydrogen-bond acceptors (Lipinski definition) is 2. The van der Waals surface area contributed by atoms with Crippen LogP contribution in [0.5, 0.6) is 0 Å². The van der Waals surface area contributed by atoms with Crippen molar-refractivity contribution in [1.29, 1.82) is 0 Å². The lowest BCUT2D eigenvalue weighted by atomic mass is 10.1. The molecule has 1 amide bonds. The van der Waals surface area contributed by atoms with Crippen LogP contribution in [0.3, 0.4) is 0 Å². The average Bonchev–Trinajstić information content (AvgIpc) is 3.22. The van der Waals surface area contributed by atoms with Crippen LogP contribution >= 0.6 is 0 Å². The monoisotopic (exact) mass is 365 g/mol. The third-order valence-electron chi connectivity index (χ3n) is 5.29. The van der Waals surface area contributed by atoms with E-state index in [0.29, 0.717) is 19.5 Å². The molecule has 0 unspecified atom stereocenters. The summed E-state index contributed by atoms with van der Waals surface area (Å²) in [5, 5.41) is 0. The molecule has 0 N–H and O–H groups in total. The maximum absolute atomic E-state index is 13.1. The lowest BCUT2D eigenvalue weighted by Gasteiger charge is -2.17. The van der Waals surface area contributed by atoms with Crippen molar-refractivity contribution in [3.05, 3.63) is 65.7 Å². The zero-order chi connectivity index (χ0) is 18.8. The Labute approximate surface area is 158 Å². The Kier molecular flexibility index (Phi) is 4.92. The molecule has 140 valence electrons. The summed E-state index contributed by atoms with van der Waals surface area (Å²) in [7, 11) is 0. The molecule has 3 aromatic rings. The maximum Gasteiger partial charge on any atom is 0.223 e. The zero-order valence-electron chi connectivity index (χ0n) is 15.6. The number of imidazole rings is 1. The number of hydrogen-bond donors (Lipinski definition) is 0. The van der Waals surface area contributed by atoms with Crippen LogP contribution in [-0.2, 0) is 17.9 Å². The van der Waals surface area contributed by atoms with Gasteiger partial charge in [0.1, 0.15) is 11.6 Å². The van der Waals surface area contributed by atoms with E-state index >= 15 is 0 Å². The summed E-state index contributed by atoms with van der Waals surface area (Å²) >= 11 is 0. The van der Waals surface area contributed by atoms with E-state index in [9.17, 15) is 9.18 Å². The molecule has 27 heavy (non-hydrogen) atoms. The number of rotatable bonds is 6. The molecule has 0 saturated carbocycles. The molecule has 1 atom stereocenters. The van der Waals surface area contributed by atoms with Crippen molar-refractivity contribution < 1.29 is 9.18 Å². The van der Waals surface area contributed by atoms with Gasteiger partial charge in [-0.1, -0.05) is 37.6 Å². The quantitative estimate of drug-likeness (QED) is 0.645. The van der Waals surface area contributed by atoms with Crippen LogP contribution in [0.25, 0.3) is 11.0 Å². The Hall–Kier alpha value is -2.69. The Bertz CT molecular complexity index is 948. The molecule has 0 bridgehead atoms. The predicted molar refractivity (Wildman–Crippen MR) is 104 cm³/mol. The molecule has 4 nitrogen and oxygen atoms in total. The Morgan fingerprint density at radius 3 is 2.70 bits per heavy atom. The van der Waals surface area contributed by atoms with Crippen molar-refractivity contribution in [2.75, 3.05) is 6.54 Å². The minimum atomic E-state index is -0.256. The second kappa shape index (κ2) is 7.51. The van der Waals surface area contributed by atoms with Gasteiger partial charge in [-0.05, 0) is 36.2 Å². The number of carbonyl (C=O) groups excluding carboxylic acids is 1. The fourth-order valence-corrected chi connectivity index (χ4v) is 3.87. The van der Waals surface area contributed by atoms with Gasteiger partial charge < -0.3 is 9.47 Å². The first kappa shape index (κ1) is 17.7. The van der Waals surface area contributed by atoms with Gasteiger partial charge in [0.25, 0.3) is 0 Å². The second-order valence-electron chi connectivity index (χ2n) is 7.27. The summed E-state index contributed by atoms with van der Waals surface area (Å²) in [6, 6.07) is 14.6. The average molecular weight is 365 g/mol. The largest absolute Gasteiger partial charge is 0.338 e. The number of likely N-dealkylation sites (tertiary alicyclic amines) is 1. The number of para-hydroxylation sites is 2. The van der Waals surface area contributed by atoms with E-state index in [1.807, 2.05) is 23.1 Å². The van der Waals surface area contributed by atoms with Crippen LogP contribution < -0.4 is 0 Å². The molecule has 1 aliphatic rings. The fourth-order valence-electron chi connectivity index (χ4n) is 3.87. The van der Waals surface area contributed by atoms with Gasteiger partial charge >= 0.3 is 0 Å². The maximum atomic E-state index is 13.1. The molecule has 1 fully saturated rings. The van der Waals surface area contributed by atoms with Gasteiger partial charge in [-0.15, -0.1) is 0 Å². The number of aryl methyl sites for hydroxylation is 1. The molecule has 2 heterocycles. The number of fused-ring (bicyclic) bond motifs is 1. The first-order valence-corrected chi connectivity index (χ1v) is 9.63. The van der Waals surface area contributed by atoms with E-state index in [1.54, 1.807) is 12.1 Å². The van der Waals surface area contributed by atoms with Crippen molar-refractivity contribution in [1.82, 2.24) is 14.5 Å². The van der Waals surface area contributed by atoms with Gasteiger partial charge in [-0.3, -0.25) is 4.79 Å². The molecular weight excluding hydrogens is 341 g/mol. The number of aromatic nitrogens is 2. The molecule has 1 saturated heterocycles. The van der Waals surface area contributed by atoms with Crippen LogP contribution in [0.15, 0.2) is 48.5 Å². The summed E-state index contributed by atoms with van der Waals surface area (Å²) in [5.74, 6) is 0.995. The lowest BCUT2D eigenvalue weighted by Crippen LogP contribution is -2.24. The summed E-state index contributed by atoms with van der Waals surface area (Å²) in [4.78, 5) is 19.3. The molecule has 4 rings (SSSR count). The molecule has 0 aliphatic carbocycles. The van der Waals surface area contributed by atoms with E-state index in [0.717, 1.165) is 41.8 Å². The number of carbonyl (C=O) groups is 1. The third-order valence-corrected chi connectivity index (χ3v) is 5.29. The molecule has 0 spiro atoms. The van der Waals surface area contributed by atoms with Crippen molar-refractivity contribution in [2.45, 2.75) is 45.2 Å². The van der Waals surface area contributed by atoms with Crippen molar-refractivity contribution >= 4 is 16.9 Å². The zero-order valence-corrected chi connectivity index (χ0v) is 15.6. The van der Waals surface area contributed by atoms with Gasteiger partial charge in [0.05, 0.1) is 11.0 Å². The topological polar surface area (TPSA) is 38.1 Å². The normalized spacial score (nSPS) is 17.2. The highest BCUT2D eigenvalue weighted by atomic mass is 19.1. The van der Waals surface area contributed by atoms with E-state index in [4.69, 9.17) is 4.98 Å².